The molecule has 0 unspecified atom stereocenters. The van der Waals surface area contributed by atoms with Gasteiger partial charge in [-0.15, -0.1) is 0 Å². The summed E-state index contributed by atoms with van der Waals surface area (Å²) in [6.45, 7) is 14.4. The van der Waals surface area contributed by atoms with Crippen LogP contribution < -0.4 is 0 Å². The Balaban J connectivity index is 1.45. The lowest BCUT2D eigenvalue weighted by atomic mass is 9.47. The van der Waals surface area contributed by atoms with Gasteiger partial charge in [0, 0.05) is 6.42 Å². The predicted molar refractivity (Wildman–Crippen MR) is 141 cm³/mol. The van der Waals surface area contributed by atoms with Gasteiger partial charge in [0.2, 0.25) is 0 Å². The van der Waals surface area contributed by atoms with Crippen LogP contribution in [0.2, 0.25) is 0 Å². The van der Waals surface area contributed by atoms with Crippen LogP contribution in [0.25, 0.3) is 0 Å². The molecule has 0 aromatic carbocycles. The monoisotopic (exact) mass is 520 g/mol. The molecule has 3 fully saturated rings. The van der Waals surface area contributed by atoms with Gasteiger partial charge in [-0.2, -0.15) is 0 Å². The van der Waals surface area contributed by atoms with Crippen molar-refractivity contribution in [2.45, 2.75) is 123 Å². The van der Waals surface area contributed by atoms with Crippen molar-refractivity contribution in [3.63, 3.8) is 0 Å². The highest BCUT2D eigenvalue weighted by atomic mass is 79.9. The van der Waals surface area contributed by atoms with Gasteiger partial charge in [0.05, 0.1) is 0 Å². The lowest BCUT2D eigenvalue weighted by Gasteiger charge is -2.58. The van der Waals surface area contributed by atoms with Gasteiger partial charge in [-0.3, -0.25) is 4.79 Å². The third kappa shape index (κ3) is 4.88. The molecule has 0 aromatic heterocycles. The van der Waals surface area contributed by atoms with Crippen molar-refractivity contribution in [1.82, 2.24) is 0 Å². The smallest absolute Gasteiger partial charge is 0.319 e. The molecule has 0 saturated heterocycles. The molecule has 0 heterocycles. The van der Waals surface area contributed by atoms with Gasteiger partial charge in [0.25, 0.3) is 0 Å². The summed E-state index contributed by atoms with van der Waals surface area (Å²) < 4.78 is 5.83. The Morgan fingerprint density at radius 1 is 1.06 bits per heavy atom. The Morgan fingerprint density at radius 2 is 1.82 bits per heavy atom. The lowest BCUT2D eigenvalue weighted by molar-refractivity contribution is -0.150. The molecule has 3 heteroatoms. The number of rotatable bonds is 7. The molecular weight excluding hydrogens is 472 g/mol. The molecule has 0 aromatic rings. The minimum Gasteiger partial charge on any atom is -0.461 e. The maximum absolute atomic E-state index is 12.1. The molecule has 0 spiro atoms. The van der Waals surface area contributed by atoms with Crippen LogP contribution in [-0.4, -0.2) is 16.9 Å². The van der Waals surface area contributed by atoms with E-state index in [1.54, 1.807) is 5.57 Å². The standard InChI is InChI=1S/C30H49BrO2/c1-19(2)8-7-9-20(3)25-12-13-26-24-11-10-22-18-23(33-28(32)21(4)31)14-16-29(22,5)27(24)15-17-30(25,26)6/h10,19-21,23-27H,7-9,11-18H2,1-6H3/t20-,21-,23+,24-,25-,26-,27+,29+,30-/m1/s1. The van der Waals surface area contributed by atoms with Crippen LogP contribution in [0.4, 0.5) is 0 Å². The predicted octanol–water partition coefficient (Wildman–Crippen LogP) is 8.72. The number of allylic oxidation sites excluding steroid dienone is 1. The van der Waals surface area contributed by atoms with E-state index in [1.807, 2.05) is 6.92 Å². The number of carbonyl (C=O) groups excluding carboxylic acids is 1. The summed E-state index contributed by atoms with van der Waals surface area (Å²) >= 11 is 3.37. The van der Waals surface area contributed by atoms with Gasteiger partial charge < -0.3 is 4.74 Å². The first kappa shape index (κ1) is 25.8. The van der Waals surface area contributed by atoms with Crippen LogP contribution in [0.1, 0.15) is 112 Å². The first-order valence-corrected chi connectivity index (χ1v) is 15.0. The molecule has 2 nitrogen and oxygen atoms in total. The van der Waals surface area contributed by atoms with Crippen molar-refractivity contribution in [2.24, 2.45) is 46.3 Å². The van der Waals surface area contributed by atoms with Crippen molar-refractivity contribution in [2.75, 3.05) is 0 Å². The summed E-state index contributed by atoms with van der Waals surface area (Å²) in [5.74, 6) is 5.14. The molecule has 4 aliphatic rings. The molecule has 0 aliphatic heterocycles. The van der Waals surface area contributed by atoms with Gasteiger partial charge in [-0.25, -0.2) is 0 Å². The van der Waals surface area contributed by atoms with E-state index in [-0.39, 0.29) is 16.9 Å². The molecule has 4 rings (SSSR count). The van der Waals surface area contributed by atoms with E-state index in [0.717, 1.165) is 48.3 Å². The molecule has 3 saturated carbocycles. The van der Waals surface area contributed by atoms with E-state index in [4.69, 9.17) is 4.74 Å². The number of hydrogen-bond donors (Lipinski definition) is 0. The van der Waals surface area contributed by atoms with Gasteiger partial charge in [0.1, 0.15) is 10.9 Å². The number of esters is 1. The zero-order chi connectivity index (χ0) is 24.0. The molecule has 188 valence electrons. The zero-order valence-corrected chi connectivity index (χ0v) is 23.8. The second-order valence-corrected chi connectivity index (χ2v) is 14.6. The molecule has 0 N–H and O–H groups in total. The highest BCUT2D eigenvalue weighted by Gasteiger charge is 2.59. The largest absolute Gasteiger partial charge is 0.461 e. The van der Waals surface area contributed by atoms with E-state index in [1.165, 1.54) is 57.8 Å². The summed E-state index contributed by atoms with van der Waals surface area (Å²) in [6, 6.07) is 0. The number of ether oxygens (including phenoxy) is 1. The lowest BCUT2D eigenvalue weighted by Crippen LogP contribution is -2.51. The molecular formula is C30H49BrO2. The third-order valence-electron chi connectivity index (χ3n) is 10.9. The number of alkyl halides is 1. The Bertz CT molecular complexity index is 742. The zero-order valence-electron chi connectivity index (χ0n) is 22.2. The number of fused-ring (bicyclic) bond motifs is 5. The van der Waals surface area contributed by atoms with Crippen molar-refractivity contribution < 1.29 is 9.53 Å². The van der Waals surface area contributed by atoms with Crippen molar-refractivity contribution in [1.29, 1.82) is 0 Å². The van der Waals surface area contributed by atoms with Crippen LogP contribution in [0, 0.1) is 46.3 Å². The number of carbonyl (C=O) groups is 1. The minimum atomic E-state index is -0.213. The van der Waals surface area contributed by atoms with E-state index < -0.39 is 0 Å². The molecule has 4 aliphatic carbocycles. The highest BCUT2D eigenvalue weighted by molar-refractivity contribution is 9.10. The maximum Gasteiger partial charge on any atom is 0.319 e. The highest BCUT2D eigenvalue weighted by Crippen LogP contribution is 2.67. The fourth-order valence-electron chi connectivity index (χ4n) is 9.01. The summed E-state index contributed by atoms with van der Waals surface area (Å²) in [7, 11) is 0. The Hall–Kier alpha value is -0.310. The number of hydrogen-bond acceptors (Lipinski definition) is 2. The summed E-state index contributed by atoms with van der Waals surface area (Å²) in [6.07, 6.45) is 17.1. The molecule has 0 bridgehead atoms. The Labute approximate surface area is 212 Å². The average molecular weight is 522 g/mol. The molecule has 0 amide bonds. The average Bonchev–Trinajstić information content (AvgIpc) is 3.11. The summed E-state index contributed by atoms with van der Waals surface area (Å²) in [5.41, 5.74) is 2.49. The SMILES string of the molecule is CC(C)CCC[C@@H](C)[C@H]1CC[C@@H]2[C@H]3CC=C4C[C@@H](OC(=O)[C@@H](C)Br)CC[C@]4(C)[C@H]3CC[C@@]21C. The van der Waals surface area contributed by atoms with Gasteiger partial charge in [-0.1, -0.05) is 81.5 Å². The summed E-state index contributed by atoms with van der Waals surface area (Å²) in [5, 5.41) is 0. The second-order valence-electron chi connectivity index (χ2n) is 13.2. The van der Waals surface area contributed by atoms with Crippen molar-refractivity contribution >= 4 is 21.9 Å². The minimum absolute atomic E-state index is 0.0739. The van der Waals surface area contributed by atoms with E-state index in [9.17, 15) is 4.79 Å². The summed E-state index contributed by atoms with van der Waals surface area (Å²) in [4.78, 5) is 11.9. The Kier molecular flexibility index (Phi) is 7.79. The normalized spacial score (nSPS) is 42.1. The van der Waals surface area contributed by atoms with Gasteiger partial charge in [0.15, 0.2) is 0 Å². The van der Waals surface area contributed by atoms with Crippen LogP contribution in [0.5, 0.6) is 0 Å². The third-order valence-corrected chi connectivity index (χ3v) is 11.2. The van der Waals surface area contributed by atoms with Crippen LogP contribution in [0.3, 0.4) is 0 Å². The van der Waals surface area contributed by atoms with Crippen LogP contribution in [0.15, 0.2) is 11.6 Å². The van der Waals surface area contributed by atoms with Crippen LogP contribution in [-0.2, 0) is 9.53 Å². The van der Waals surface area contributed by atoms with E-state index in [0.29, 0.717) is 10.8 Å². The Morgan fingerprint density at radius 3 is 2.52 bits per heavy atom. The fraction of sp³-hybridized carbons (Fsp3) is 0.900. The quantitative estimate of drug-likeness (QED) is 0.190. The number of halogens is 1. The van der Waals surface area contributed by atoms with Crippen molar-refractivity contribution in [3.8, 4) is 0 Å². The van der Waals surface area contributed by atoms with Crippen molar-refractivity contribution in [3.05, 3.63) is 11.6 Å². The fourth-order valence-corrected chi connectivity index (χ4v) is 9.12. The second kappa shape index (κ2) is 9.98. The molecule has 33 heavy (non-hydrogen) atoms. The molecule has 0 radical (unpaired) electrons. The first-order valence-electron chi connectivity index (χ1n) is 14.1. The maximum atomic E-state index is 12.1. The van der Waals surface area contributed by atoms with Gasteiger partial charge in [-0.05, 0) is 98.2 Å². The first-order chi connectivity index (χ1) is 15.6. The van der Waals surface area contributed by atoms with E-state index in [2.05, 4.69) is 56.6 Å². The topological polar surface area (TPSA) is 26.3 Å². The van der Waals surface area contributed by atoms with Crippen LogP contribution >= 0.6 is 15.9 Å². The van der Waals surface area contributed by atoms with Gasteiger partial charge >= 0.3 is 5.97 Å². The van der Waals surface area contributed by atoms with E-state index >= 15 is 0 Å². The molecule has 9 atom stereocenters.